The lowest BCUT2D eigenvalue weighted by Gasteiger charge is -2.05. The Hall–Kier alpha value is -1.11. The Morgan fingerprint density at radius 2 is 1.88 bits per heavy atom. The summed E-state index contributed by atoms with van der Waals surface area (Å²) in [5.74, 6) is 0. The first-order valence-electron chi connectivity index (χ1n) is 5.25. The van der Waals surface area contributed by atoms with Crippen LogP contribution in [0.2, 0.25) is 0 Å². The van der Waals surface area contributed by atoms with E-state index in [0.29, 0.717) is 45.3 Å². The Kier molecular flexibility index (Phi) is 6.55. The van der Waals surface area contributed by atoms with Crippen molar-refractivity contribution < 1.29 is 14.2 Å². The van der Waals surface area contributed by atoms with Gasteiger partial charge in [0.25, 0.3) is 0 Å². The predicted molar refractivity (Wildman–Crippen MR) is 60.2 cm³/mol. The zero-order valence-electron chi connectivity index (χ0n) is 9.59. The normalized spacial score (nSPS) is 10.8. The zero-order valence-corrected chi connectivity index (χ0v) is 9.59. The third-order valence-corrected chi connectivity index (χ3v) is 1.92. The van der Waals surface area contributed by atoms with Crippen molar-refractivity contribution in [1.82, 2.24) is 9.78 Å². The largest absolute Gasteiger partial charge is 0.396 e. The van der Waals surface area contributed by atoms with E-state index in [9.17, 15) is 0 Å². The number of ether oxygens (including phenoxy) is 3. The maximum Gasteiger partial charge on any atom is 0.0719 e. The topological polar surface area (TPSA) is 71.5 Å². The highest BCUT2D eigenvalue weighted by molar-refractivity contribution is 5.30. The Morgan fingerprint density at radius 3 is 2.50 bits per heavy atom. The molecule has 0 fully saturated rings. The van der Waals surface area contributed by atoms with Crippen LogP contribution in [0.5, 0.6) is 0 Å². The van der Waals surface area contributed by atoms with Crippen molar-refractivity contribution in [2.24, 2.45) is 0 Å². The second-order valence-electron chi connectivity index (χ2n) is 3.25. The second-order valence-corrected chi connectivity index (χ2v) is 3.25. The maximum absolute atomic E-state index is 5.52. The minimum Gasteiger partial charge on any atom is -0.396 e. The molecule has 0 atom stereocenters. The van der Waals surface area contributed by atoms with Crippen LogP contribution in [0.25, 0.3) is 0 Å². The van der Waals surface area contributed by atoms with E-state index >= 15 is 0 Å². The SMILES string of the molecule is COCCOCCOCCn1cc(N)cn1. The standard InChI is InChI=1S/C10H19N3O3/c1-14-4-5-16-7-6-15-3-2-13-9-10(11)8-12-13/h8-9H,2-7,11H2,1H3. The van der Waals surface area contributed by atoms with Crippen LogP contribution >= 0.6 is 0 Å². The first-order chi connectivity index (χ1) is 7.83. The molecule has 0 aliphatic carbocycles. The van der Waals surface area contributed by atoms with Gasteiger partial charge in [0.05, 0.1) is 51.5 Å². The van der Waals surface area contributed by atoms with Gasteiger partial charge >= 0.3 is 0 Å². The van der Waals surface area contributed by atoms with Gasteiger partial charge in [0, 0.05) is 13.3 Å². The van der Waals surface area contributed by atoms with E-state index in [-0.39, 0.29) is 0 Å². The van der Waals surface area contributed by atoms with E-state index in [1.165, 1.54) is 0 Å². The molecule has 0 saturated carbocycles. The van der Waals surface area contributed by atoms with Crippen LogP contribution in [0.15, 0.2) is 12.4 Å². The molecule has 0 aliphatic heterocycles. The minimum atomic E-state index is 0.584. The van der Waals surface area contributed by atoms with Gasteiger partial charge in [-0.2, -0.15) is 5.10 Å². The number of hydrogen-bond donors (Lipinski definition) is 1. The third kappa shape index (κ3) is 5.69. The quantitative estimate of drug-likeness (QED) is 0.610. The van der Waals surface area contributed by atoms with Crippen molar-refractivity contribution >= 4 is 5.69 Å². The fourth-order valence-electron chi connectivity index (χ4n) is 1.12. The number of methoxy groups -OCH3 is 1. The van der Waals surface area contributed by atoms with E-state index in [1.54, 1.807) is 24.2 Å². The monoisotopic (exact) mass is 229 g/mol. The lowest BCUT2D eigenvalue weighted by Crippen LogP contribution is -2.11. The zero-order chi connectivity index (χ0) is 11.6. The Labute approximate surface area is 95.3 Å². The van der Waals surface area contributed by atoms with E-state index in [2.05, 4.69) is 5.10 Å². The molecule has 0 spiro atoms. The fourth-order valence-corrected chi connectivity index (χ4v) is 1.12. The average Bonchev–Trinajstić information content (AvgIpc) is 2.68. The summed E-state index contributed by atoms with van der Waals surface area (Å²) >= 11 is 0. The summed E-state index contributed by atoms with van der Waals surface area (Å²) in [7, 11) is 1.65. The van der Waals surface area contributed by atoms with Crippen LogP contribution in [-0.2, 0) is 20.8 Å². The Morgan fingerprint density at radius 1 is 1.19 bits per heavy atom. The molecule has 2 N–H and O–H groups in total. The number of anilines is 1. The molecule has 1 aromatic rings. The van der Waals surface area contributed by atoms with Crippen LogP contribution in [0.4, 0.5) is 5.69 Å². The summed E-state index contributed by atoms with van der Waals surface area (Å²) in [5.41, 5.74) is 6.19. The smallest absolute Gasteiger partial charge is 0.0719 e. The molecule has 0 bridgehead atoms. The minimum absolute atomic E-state index is 0.584. The van der Waals surface area contributed by atoms with Gasteiger partial charge in [-0.1, -0.05) is 0 Å². The van der Waals surface area contributed by atoms with Gasteiger partial charge in [0.15, 0.2) is 0 Å². The summed E-state index contributed by atoms with van der Waals surface area (Å²) in [5, 5.41) is 4.04. The van der Waals surface area contributed by atoms with Gasteiger partial charge in [-0.25, -0.2) is 0 Å². The molecule has 1 rings (SSSR count). The summed E-state index contributed by atoms with van der Waals surface area (Å²) in [6, 6.07) is 0. The lowest BCUT2D eigenvalue weighted by atomic mass is 10.6. The van der Waals surface area contributed by atoms with Crippen molar-refractivity contribution in [3.8, 4) is 0 Å². The summed E-state index contributed by atoms with van der Waals surface area (Å²) < 4.78 is 17.2. The molecule has 0 amide bonds. The predicted octanol–water partition coefficient (Wildman–Crippen LogP) is 0.145. The van der Waals surface area contributed by atoms with Gasteiger partial charge in [-0.05, 0) is 0 Å². The highest BCUT2D eigenvalue weighted by atomic mass is 16.5. The molecule has 16 heavy (non-hydrogen) atoms. The van der Waals surface area contributed by atoms with Crippen molar-refractivity contribution in [3.05, 3.63) is 12.4 Å². The van der Waals surface area contributed by atoms with Crippen molar-refractivity contribution in [2.45, 2.75) is 6.54 Å². The Bertz CT molecular complexity index is 278. The molecule has 1 aromatic heterocycles. The number of aromatic nitrogens is 2. The number of hydrogen-bond acceptors (Lipinski definition) is 5. The van der Waals surface area contributed by atoms with Crippen molar-refractivity contribution in [1.29, 1.82) is 0 Å². The molecular weight excluding hydrogens is 210 g/mol. The van der Waals surface area contributed by atoms with Crippen LogP contribution in [0, 0.1) is 0 Å². The highest BCUT2D eigenvalue weighted by Gasteiger charge is 1.94. The third-order valence-electron chi connectivity index (χ3n) is 1.92. The van der Waals surface area contributed by atoms with Gasteiger partial charge in [0.2, 0.25) is 0 Å². The molecular formula is C10H19N3O3. The summed E-state index contributed by atoms with van der Waals surface area (Å²) in [6.45, 7) is 3.71. The Balaban J connectivity index is 1.88. The van der Waals surface area contributed by atoms with Gasteiger partial charge < -0.3 is 19.9 Å². The van der Waals surface area contributed by atoms with Gasteiger partial charge in [-0.15, -0.1) is 0 Å². The average molecular weight is 229 g/mol. The molecule has 92 valence electrons. The van der Waals surface area contributed by atoms with Crippen molar-refractivity contribution in [3.63, 3.8) is 0 Å². The van der Waals surface area contributed by atoms with E-state index in [0.717, 1.165) is 0 Å². The van der Waals surface area contributed by atoms with Gasteiger partial charge in [0.1, 0.15) is 0 Å². The maximum atomic E-state index is 5.52. The van der Waals surface area contributed by atoms with Crippen molar-refractivity contribution in [2.75, 3.05) is 45.9 Å². The molecule has 0 unspecified atom stereocenters. The molecule has 0 radical (unpaired) electrons. The molecule has 1 heterocycles. The van der Waals surface area contributed by atoms with E-state index in [1.807, 2.05) is 0 Å². The molecule has 6 heteroatoms. The first kappa shape index (κ1) is 13.0. The van der Waals surface area contributed by atoms with E-state index < -0.39 is 0 Å². The highest BCUT2D eigenvalue weighted by Crippen LogP contribution is 1.97. The van der Waals surface area contributed by atoms with Crippen LogP contribution < -0.4 is 5.73 Å². The molecule has 6 nitrogen and oxygen atoms in total. The second kappa shape index (κ2) is 8.09. The molecule has 0 aromatic carbocycles. The number of nitrogen functional groups attached to an aromatic ring is 1. The first-order valence-corrected chi connectivity index (χ1v) is 5.25. The summed E-state index contributed by atoms with van der Waals surface area (Å²) in [6.07, 6.45) is 3.40. The van der Waals surface area contributed by atoms with Crippen LogP contribution in [0.1, 0.15) is 0 Å². The van der Waals surface area contributed by atoms with Crippen LogP contribution in [0.3, 0.4) is 0 Å². The van der Waals surface area contributed by atoms with Crippen LogP contribution in [-0.4, -0.2) is 49.9 Å². The van der Waals surface area contributed by atoms with Gasteiger partial charge in [-0.3, -0.25) is 4.68 Å². The summed E-state index contributed by atoms with van der Waals surface area (Å²) in [4.78, 5) is 0. The van der Waals surface area contributed by atoms with E-state index in [4.69, 9.17) is 19.9 Å². The molecule has 0 saturated heterocycles. The number of nitrogens with zero attached hydrogens (tertiary/aromatic N) is 2. The lowest BCUT2D eigenvalue weighted by molar-refractivity contribution is 0.0225. The fraction of sp³-hybridized carbons (Fsp3) is 0.700. The molecule has 0 aliphatic rings. The number of rotatable bonds is 9. The number of nitrogens with two attached hydrogens (primary N) is 1.